The Morgan fingerprint density at radius 2 is 2.42 bits per heavy atom. The predicted octanol–water partition coefficient (Wildman–Crippen LogP) is 0.982. The van der Waals surface area contributed by atoms with E-state index in [4.69, 9.17) is 9.47 Å². The van der Waals surface area contributed by atoms with Crippen molar-refractivity contribution in [3.8, 4) is 0 Å². The fourth-order valence-corrected chi connectivity index (χ4v) is 2.88. The number of carbonyl (C=O) groups excluding carboxylic acids is 1. The first-order valence-electron chi connectivity index (χ1n) is 6.61. The monoisotopic (exact) mass is 264 g/mol. The zero-order valence-corrected chi connectivity index (χ0v) is 10.7. The molecule has 2 fully saturated rings. The molecule has 2 bridgehead atoms. The summed E-state index contributed by atoms with van der Waals surface area (Å²) in [5.41, 5.74) is -0.485. The summed E-state index contributed by atoms with van der Waals surface area (Å²) in [5, 5.41) is 0. The van der Waals surface area contributed by atoms with Gasteiger partial charge in [-0.1, -0.05) is 0 Å². The van der Waals surface area contributed by atoms with Gasteiger partial charge in [-0.3, -0.25) is 4.79 Å². The number of nitrogens with zero attached hydrogens (tertiary/aromatic N) is 1. The number of hydrogen-bond acceptors (Lipinski definition) is 5. The van der Waals surface area contributed by atoms with E-state index in [0.717, 1.165) is 19.3 Å². The Balaban J connectivity index is 1.84. The number of aromatic nitrogens is 2. The molecule has 1 aromatic rings. The van der Waals surface area contributed by atoms with E-state index in [1.165, 1.54) is 6.20 Å². The molecule has 19 heavy (non-hydrogen) atoms. The van der Waals surface area contributed by atoms with Gasteiger partial charge < -0.3 is 14.5 Å². The molecule has 0 spiro atoms. The first-order chi connectivity index (χ1) is 9.19. The van der Waals surface area contributed by atoms with Crippen molar-refractivity contribution in [1.29, 1.82) is 0 Å². The van der Waals surface area contributed by atoms with E-state index in [9.17, 15) is 9.59 Å². The Morgan fingerprint density at radius 1 is 1.58 bits per heavy atom. The van der Waals surface area contributed by atoms with Crippen LogP contribution in [-0.2, 0) is 9.47 Å². The maximum Gasteiger partial charge on any atom is 0.345 e. The van der Waals surface area contributed by atoms with Crippen molar-refractivity contribution in [3.63, 3.8) is 0 Å². The molecule has 3 atom stereocenters. The minimum Gasteiger partial charge on any atom is -0.462 e. The molecule has 3 unspecified atom stereocenters. The Labute approximate surface area is 110 Å². The van der Waals surface area contributed by atoms with Crippen molar-refractivity contribution >= 4 is 5.97 Å². The standard InChI is InChI=1S/C13H16N2O4/c1-2-18-13(17)9-6-14-11(15-12(9)16)8-5-7-3-4-10(8)19-7/h6-8,10H,2-5H2,1H3,(H,14,15,16). The van der Waals surface area contributed by atoms with E-state index in [1.807, 2.05) is 0 Å². The van der Waals surface area contributed by atoms with Crippen LogP contribution >= 0.6 is 0 Å². The van der Waals surface area contributed by atoms with Crippen LogP contribution in [0, 0.1) is 0 Å². The van der Waals surface area contributed by atoms with Crippen molar-refractivity contribution < 1.29 is 14.3 Å². The molecule has 0 saturated carbocycles. The van der Waals surface area contributed by atoms with Crippen molar-refractivity contribution in [3.05, 3.63) is 27.9 Å². The molecule has 3 rings (SSSR count). The van der Waals surface area contributed by atoms with Gasteiger partial charge in [0.2, 0.25) is 0 Å². The zero-order valence-electron chi connectivity index (χ0n) is 10.7. The lowest BCUT2D eigenvalue weighted by molar-refractivity contribution is 0.0523. The van der Waals surface area contributed by atoms with Crippen molar-refractivity contribution in [2.24, 2.45) is 0 Å². The maximum absolute atomic E-state index is 11.9. The van der Waals surface area contributed by atoms with Gasteiger partial charge in [-0.15, -0.1) is 0 Å². The number of esters is 1. The lowest BCUT2D eigenvalue weighted by Crippen LogP contribution is -2.25. The summed E-state index contributed by atoms with van der Waals surface area (Å²) in [6, 6.07) is 0. The molecule has 2 aliphatic rings. The Kier molecular flexibility index (Phi) is 3.10. The molecule has 1 aromatic heterocycles. The lowest BCUT2D eigenvalue weighted by Gasteiger charge is -2.17. The second-order valence-electron chi connectivity index (χ2n) is 4.95. The molecule has 102 valence electrons. The molecule has 0 aliphatic carbocycles. The molecular weight excluding hydrogens is 248 g/mol. The van der Waals surface area contributed by atoms with Crippen LogP contribution in [0.5, 0.6) is 0 Å². The normalized spacial score (nSPS) is 28.6. The van der Waals surface area contributed by atoms with Crippen LogP contribution in [0.2, 0.25) is 0 Å². The Morgan fingerprint density at radius 3 is 3.00 bits per heavy atom. The van der Waals surface area contributed by atoms with Crippen molar-refractivity contribution in [2.75, 3.05) is 6.61 Å². The van der Waals surface area contributed by atoms with E-state index < -0.39 is 11.5 Å². The van der Waals surface area contributed by atoms with Gasteiger partial charge >= 0.3 is 5.97 Å². The quantitative estimate of drug-likeness (QED) is 0.823. The van der Waals surface area contributed by atoms with E-state index in [1.54, 1.807) is 6.92 Å². The molecular formula is C13H16N2O4. The first-order valence-corrected chi connectivity index (χ1v) is 6.61. The number of fused-ring (bicyclic) bond motifs is 2. The highest BCUT2D eigenvalue weighted by Gasteiger charge is 2.42. The van der Waals surface area contributed by atoms with Gasteiger partial charge in [-0.25, -0.2) is 9.78 Å². The summed E-state index contributed by atoms with van der Waals surface area (Å²) in [6.45, 7) is 1.93. The van der Waals surface area contributed by atoms with Crippen LogP contribution in [0.25, 0.3) is 0 Å². The molecule has 3 heterocycles. The van der Waals surface area contributed by atoms with Crippen LogP contribution in [0.15, 0.2) is 11.0 Å². The highest BCUT2D eigenvalue weighted by molar-refractivity contribution is 5.88. The average molecular weight is 264 g/mol. The summed E-state index contributed by atoms with van der Waals surface area (Å²) >= 11 is 0. The van der Waals surface area contributed by atoms with Gasteiger partial charge in [0.15, 0.2) is 0 Å². The number of aromatic amines is 1. The van der Waals surface area contributed by atoms with Crippen LogP contribution in [0.4, 0.5) is 0 Å². The number of carbonyl (C=O) groups is 1. The molecule has 1 N–H and O–H groups in total. The van der Waals surface area contributed by atoms with Gasteiger partial charge in [0, 0.05) is 12.1 Å². The fraction of sp³-hybridized carbons (Fsp3) is 0.615. The summed E-state index contributed by atoms with van der Waals surface area (Å²) in [7, 11) is 0. The molecule has 2 saturated heterocycles. The topological polar surface area (TPSA) is 81.3 Å². The van der Waals surface area contributed by atoms with E-state index in [0.29, 0.717) is 11.9 Å². The molecule has 6 heteroatoms. The van der Waals surface area contributed by atoms with Crippen LogP contribution < -0.4 is 5.56 Å². The molecule has 6 nitrogen and oxygen atoms in total. The molecule has 0 radical (unpaired) electrons. The molecule has 0 amide bonds. The van der Waals surface area contributed by atoms with Crippen molar-refractivity contribution in [1.82, 2.24) is 9.97 Å². The zero-order chi connectivity index (χ0) is 13.4. The van der Waals surface area contributed by atoms with Gasteiger partial charge in [0.25, 0.3) is 5.56 Å². The smallest absolute Gasteiger partial charge is 0.345 e. The van der Waals surface area contributed by atoms with Gasteiger partial charge in [0.05, 0.1) is 18.8 Å². The van der Waals surface area contributed by atoms with Crippen LogP contribution in [-0.4, -0.2) is 34.8 Å². The van der Waals surface area contributed by atoms with E-state index in [2.05, 4.69) is 9.97 Å². The Bertz CT molecular complexity index is 554. The summed E-state index contributed by atoms with van der Waals surface area (Å²) < 4.78 is 10.5. The second-order valence-corrected chi connectivity index (χ2v) is 4.95. The molecule has 2 aliphatic heterocycles. The Hall–Kier alpha value is -1.69. The summed E-state index contributed by atoms with van der Waals surface area (Å²) in [4.78, 5) is 30.3. The predicted molar refractivity (Wildman–Crippen MR) is 66.1 cm³/mol. The third-order valence-electron chi connectivity index (χ3n) is 3.77. The first kappa shape index (κ1) is 12.3. The third-order valence-corrected chi connectivity index (χ3v) is 3.77. The maximum atomic E-state index is 11.9. The average Bonchev–Trinajstić information content (AvgIpc) is 3.01. The highest BCUT2D eigenvalue weighted by atomic mass is 16.5. The van der Waals surface area contributed by atoms with E-state index >= 15 is 0 Å². The number of rotatable bonds is 3. The van der Waals surface area contributed by atoms with Gasteiger partial charge in [-0.05, 0) is 26.2 Å². The third kappa shape index (κ3) is 2.16. The molecule has 0 aromatic carbocycles. The summed E-state index contributed by atoms with van der Waals surface area (Å²) in [6.07, 6.45) is 4.75. The lowest BCUT2D eigenvalue weighted by atomic mass is 9.88. The van der Waals surface area contributed by atoms with Crippen molar-refractivity contribution in [2.45, 2.75) is 44.3 Å². The number of hydrogen-bond donors (Lipinski definition) is 1. The van der Waals surface area contributed by atoms with Crippen LogP contribution in [0.1, 0.15) is 48.3 Å². The fourth-order valence-electron chi connectivity index (χ4n) is 2.88. The minimum absolute atomic E-state index is 0.0466. The highest BCUT2D eigenvalue weighted by Crippen LogP contribution is 2.42. The van der Waals surface area contributed by atoms with Gasteiger partial charge in [-0.2, -0.15) is 0 Å². The van der Waals surface area contributed by atoms with Crippen LogP contribution in [0.3, 0.4) is 0 Å². The number of H-pyrrole nitrogens is 1. The number of nitrogens with one attached hydrogen (secondary N) is 1. The second kappa shape index (κ2) is 4.77. The SMILES string of the molecule is CCOC(=O)c1cnc(C2CC3CCC2O3)[nH]c1=O. The van der Waals surface area contributed by atoms with Gasteiger partial charge in [0.1, 0.15) is 11.4 Å². The number of ether oxygens (including phenoxy) is 2. The largest absolute Gasteiger partial charge is 0.462 e. The minimum atomic E-state index is -0.632. The summed E-state index contributed by atoms with van der Waals surface area (Å²) in [5.74, 6) is 0.125. The van der Waals surface area contributed by atoms with E-state index in [-0.39, 0.29) is 24.2 Å².